The molecule has 2 aromatic carbocycles. The second-order valence-corrected chi connectivity index (χ2v) is 17.6. The minimum absolute atomic E-state index is 0.0810. The number of sulfonamides is 1. The zero-order valence-electron chi connectivity index (χ0n) is 28.5. The SMILES string of the molecule is CCn1cc(S(=O)(=O)N2CCC3(CC2)C[C@@H](N(C[C@H](O)COc2cccc(S(C)(=O)=O)c2)C(=O)OC(C)(C)C)CO3)c(=O)c2ccccc21. The van der Waals surface area contributed by atoms with Gasteiger partial charge in [-0.05, 0) is 77.3 Å². The molecule has 1 aromatic heterocycles. The van der Waals surface area contributed by atoms with E-state index < -0.39 is 54.7 Å². The summed E-state index contributed by atoms with van der Waals surface area (Å²) in [6.07, 6.45) is 1.82. The first kappa shape index (κ1) is 36.8. The summed E-state index contributed by atoms with van der Waals surface area (Å²) in [7, 11) is -7.56. The highest BCUT2D eigenvalue weighted by Crippen LogP contribution is 2.39. The van der Waals surface area contributed by atoms with Gasteiger partial charge in [-0.3, -0.25) is 4.79 Å². The zero-order valence-corrected chi connectivity index (χ0v) is 30.1. The predicted molar refractivity (Wildman–Crippen MR) is 183 cm³/mol. The van der Waals surface area contributed by atoms with Crippen molar-refractivity contribution in [3.63, 3.8) is 0 Å². The third kappa shape index (κ3) is 8.28. The van der Waals surface area contributed by atoms with Crippen molar-refractivity contribution in [2.24, 2.45) is 0 Å². The molecule has 2 saturated heterocycles. The Morgan fingerprint density at radius 1 is 1.10 bits per heavy atom. The number of carbonyl (C=O) groups excluding carboxylic acids is 1. The lowest BCUT2D eigenvalue weighted by molar-refractivity contribution is -0.0329. The van der Waals surface area contributed by atoms with Gasteiger partial charge in [0, 0.05) is 37.5 Å². The van der Waals surface area contributed by atoms with Crippen LogP contribution in [0.4, 0.5) is 4.79 Å². The first-order valence-corrected chi connectivity index (χ1v) is 19.6. The van der Waals surface area contributed by atoms with Crippen LogP contribution in [0.1, 0.15) is 47.0 Å². The summed E-state index contributed by atoms with van der Waals surface area (Å²) in [5.41, 5.74) is -1.38. The number of pyridine rings is 1. The van der Waals surface area contributed by atoms with E-state index in [4.69, 9.17) is 14.2 Å². The molecule has 0 unspecified atom stereocenters. The number of rotatable bonds is 10. The monoisotopic (exact) mass is 719 g/mol. The molecular weight excluding hydrogens is 675 g/mol. The molecule has 13 nitrogen and oxygen atoms in total. The lowest BCUT2D eigenvalue weighted by Gasteiger charge is -2.38. The van der Waals surface area contributed by atoms with E-state index in [0.29, 0.717) is 36.7 Å². The van der Waals surface area contributed by atoms with Crippen molar-refractivity contribution in [3.05, 3.63) is 65.0 Å². The maximum Gasteiger partial charge on any atom is 0.410 e. The highest BCUT2D eigenvalue weighted by Gasteiger charge is 2.48. The van der Waals surface area contributed by atoms with Crippen LogP contribution >= 0.6 is 0 Å². The third-order valence-electron chi connectivity index (χ3n) is 8.89. The number of para-hydroxylation sites is 1. The van der Waals surface area contributed by atoms with Gasteiger partial charge in [0.2, 0.25) is 15.5 Å². The number of benzene rings is 2. The number of nitrogens with zero attached hydrogens (tertiary/aromatic N) is 3. The second-order valence-electron chi connectivity index (χ2n) is 13.7. The number of aliphatic hydroxyl groups excluding tert-OH is 1. The van der Waals surface area contributed by atoms with Gasteiger partial charge < -0.3 is 28.8 Å². The summed E-state index contributed by atoms with van der Waals surface area (Å²) >= 11 is 0. The van der Waals surface area contributed by atoms with Crippen molar-refractivity contribution in [3.8, 4) is 5.75 Å². The van der Waals surface area contributed by atoms with Crippen molar-refractivity contribution in [2.45, 2.75) is 86.6 Å². The number of aromatic nitrogens is 1. The van der Waals surface area contributed by atoms with E-state index in [1.807, 2.05) is 13.0 Å². The van der Waals surface area contributed by atoms with Crippen molar-refractivity contribution < 1.29 is 40.9 Å². The number of hydrogen-bond donors (Lipinski definition) is 1. The fraction of sp³-hybridized carbons (Fsp3) is 0.529. The summed E-state index contributed by atoms with van der Waals surface area (Å²) in [6.45, 7) is 7.66. The molecule has 0 radical (unpaired) electrons. The number of amides is 1. The van der Waals surface area contributed by atoms with E-state index in [2.05, 4.69) is 0 Å². The maximum atomic E-state index is 13.8. The van der Waals surface area contributed by atoms with Crippen molar-refractivity contribution in [1.82, 2.24) is 13.8 Å². The van der Waals surface area contributed by atoms with Crippen LogP contribution in [-0.2, 0) is 35.9 Å². The minimum atomic E-state index is -4.10. The van der Waals surface area contributed by atoms with E-state index in [-0.39, 0.29) is 48.4 Å². The predicted octanol–water partition coefficient (Wildman–Crippen LogP) is 3.41. The van der Waals surface area contributed by atoms with Gasteiger partial charge in [-0.1, -0.05) is 18.2 Å². The molecule has 15 heteroatoms. The van der Waals surface area contributed by atoms with Crippen molar-refractivity contribution >= 4 is 36.9 Å². The van der Waals surface area contributed by atoms with Crippen molar-refractivity contribution in [1.29, 1.82) is 0 Å². The Labute approximate surface area is 287 Å². The molecule has 1 spiro atoms. The van der Waals surface area contributed by atoms with Gasteiger partial charge in [-0.15, -0.1) is 0 Å². The Morgan fingerprint density at radius 3 is 2.45 bits per heavy atom. The summed E-state index contributed by atoms with van der Waals surface area (Å²) in [4.78, 5) is 28.0. The summed E-state index contributed by atoms with van der Waals surface area (Å²) < 4.78 is 72.2. The van der Waals surface area contributed by atoms with E-state index in [1.54, 1.807) is 55.7 Å². The topological polar surface area (TPSA) is 162 Å². The van der Waals surface area contributed by atoms with Gasteiger partial charge in [-0.25, -0.2) is 21.6 Å². The number of piperidine rings is 1. The largest absolute Gasteiger partial charge is 0.491 e. The molecule has 2 aliphatic heterocycles. The number of fused-ring (bicyclic) bond motifs is 1. The molecule has 268 valence electrons. The van der Waals surface area contributed by atoms with Gasteiger partial charge in [0.05, 0.1) is 35.2 Å². The molecule has 1 amide bonds. The quantitative estimate of drug-likeness (QED) is 0.329. The number of sulfone groups is 1. The highest BCUT2D eigenvalue weighted by molar-refractivity contribution is 7.90. The molecule has 0 saturated carbocycles. The van der Waals surface area contributed by atoms with Gasteiger partial charge in [-0.2, -0.15) is 4.31 Å². The molecule has 0 aliphatic carbocycles. The molecule has 3 heterocycles. The van der Waals surface area contributed by atoms with Crippen LogP contribution in [0, 0.1) is 0 Å². The average molecular weight is 720 g/mol. The maximum absolute atomic E-state index is 13.8. The molecule has 5 rings (SSSR count). The standard InChI is InChI=1S/C34H45N3O10S2/c1-6-35-21-30(31(39)28-12-7-8-13-29(28)35)49(43,44)36-16-14-34(15-17-36)19-24(22-46-34)37(32(40)47-33(2,3)4)20-25(38)23-45-26-10-9-11-27(18-26)48(5,41)42/h7-13,18,21,24-25,38H,6,14-17,19-20,22-23H2,1-5H3/t24-,25+/m1/s1. The Bertz CT molecular complexity index is 1960. The van der Waals surface area contributed by atoms with Crippen LogP contribution in [0.2, 0.25) is 0 Å². The zero-order chi connectivity index (χ0) is 35.8. The van der Waals surface area contributed by atoms with Crippen LogP contribution in [0.5, 0.6) is 5.75 Å². The highest BCUT2D eigenvalue weighted by atomic mass is 32.2. The van der Waals surface area contributed by atoms with Gasteiger partial charge in [0.25, 0.3) is 0 Å². The molecule has 3 aromatic rings. The smallest absolute Gasteiger partial charge is 0.410 e. The molecular formula is C34H45N3O10S2. The molecule has 2 atom stereocenters. The minimum Gasteiger partial charge on any atom is -0.491 e. The van der Waals surface area contributed by atoms with E-state index in [9.17, 15) is 31.5 Å². The van der Waals surface area contributed by atoms with Crippen LogP contribution < -0.4 is 10.2 Å². The fourth-order valence-corrected chi connectivity index (χ4v) is 8.57. The molecule has 49 heavy (non-hydrogen) atoms. The van der Waals surface area contributed by atoms with Gasteiger partial charge in [0.15, 0.2) is 9.84 Å². The van der Waals surface area contributed by atoms with E-state index in [0.717, 1.165) is 6.26 Å². The molecule has 1 N–H and O–H groups in total. The molecule has 2 aliphatic rings. The second kappa shape index (κ2) is 14.0. The summed E-state index contributed by atoms with van der Waals surface area (Å²) in [5.74, 6) is 0.257. The average Bonchev–Trinajstić information content (AvgIpc) is 3.44. The lowest BCUT2D eigenvalue weighted by Crippen LogP contribution is -2.50. The van der Waals surface area contributed by atoms with E-state index in [1.165, 1.54) is 27.5 Å². The first-order chi connectivity index (χ1) is 22.9. The lowest BCUT2D eigenvalue weighted by atomic mass is 9.88. The number of hydrogen-bond acceptors (Lipinski definition) is 10. The first-order valence-electron chi connectivity index (χ1n) is 16.3. The number of aryl methyl sites for hydroxylation is 1. The van der Waals surface area contributed by atoms with Gasteiger partial charge >= 0.3 is 6.09 Å². The Morgan fingerprint density at radius 2 is 1.80 bits per heavy atom. The third-order valence-corrected chi connectivity index (χ3v) is 11.9. The molecule has 2 fully saturated rings. The molecule has 0 bridgehead atoms. The van der Waals surface area contributed by atoms with Crippen LogP contribution in [0.25, 0.3) is 10.9 Å². The normalized spacial score (nSPS) is 19.2. The fourth-order valence-electron chi connectivity index (χ4n) is 6.37. The van der Waals surface area contributed by atoms with Crippen LogP contribution in [-0.4, -0.2) is 104 Å². The van der Waals surface area contributed by atoms with Crippen LogP contribution in [0.15, 0.2) is 69.3 Å². The Kier molecular flexibility index (Phi) is 10.5. The Balaban J connectivity index is 1.27. The van der Waals surface area contributed by atoms with Crippen molar-refractivity contribution in [2.75, 3.05) is 39.1 Å². The Hall–Kier alpha value is -3.50. The van der Waals surface area contributed by atoms with Crippen LogP contribution in [0.3, 0.4) is 0 Å². The summed E-state index contributed by atoms with van der Waals surface area (Å²) in [6, 6.07) is 12.4. The number of carbonyl (C=O) groups is 1. The summed E-state index contributed by atoms with van der Waals surface area (Å²) in [5, 5.41) is 11.3. The van der Waals surface area contributed by atoms with E-state index >= 15 is 0 Å². The van der Waals surface area contributed by atoms with Gasteiger partial charge in [0.1, 0.15) is 29.0 Å². The number of ether oxygens (including phenoxy) is 3. The number of aliphatic hydroxyl groups is 1.